The van der Waals surface area contributed by atoms with Gasteiger partial charge in [0.15, 0.2) is 11.2 Å². The minimum Gasteiger partial charge on any atom is -0.454 e. The molecule has 0 radical (unpaired) electrons. The van der Waals surface area contributed by atoms with E-state index in [1.54, 1.807) is 6.92 Å². The number of H-pyrrole nitrogens is 1. The number of aryl methyl sites for hydroxylation is 2. The molecule has 0 spiro atoms. The van der Waals surface area contributed by atoms with Gasteiger partial charge in [0.05, 0.1) is 5.56 Å². The number of carbonyl (C=O) groups excluding carboxylic acids is 1. The number of fused-ring (bicyclic) bond motifs is 1. The second-order valence-electron chi connectivity index (χ2n) is 6.44. The normalized spacial score (nSPS) is 11.2. The quantitative estimate of drug-likeness (QED) is 0.607. The molecule has 29 heavy (non-hydrogen) atoms. The van der Waals surface area contributed by atoms with Gasteiger partial charge in [0.2, 0.25) is 0 Å². The Balaban J connectivity index is 1.97. The summed E-state index contributed by atoms with van der Waals surface area (Å²) in [5.74, 6) is -2.49. The molecule has 1 aromatic carbocycles. The molecule has 0 saturated heterocycles. The van der Waals surface area contributed by atoms with Crippen LogP contribution in [0.1, 0.15) is 42.9 Å². The van der Waals surface area contributed by atoms with Crippen LogP contribution in [0.4, 0.5) is 8.78 Å². The molecule has 2 heterocycles. The van der Waals surface area contributed by atoms with E-state index < -0.39 is 28.9 Å². The Morgan fingerprint density at radius 3 is 2.45 bits per heavy atom. The lowest BCUT2D eigenvalue weighted by Crippen LogP contribution is -2.31. The summed E-state index contributed by atoms with van der Waals surface area (Å²) in [6.07, 6.45) is 1.56. The number of carbonyl (C=O) groups is 1. The van der Waals surface area contributed by atoms with Crippen LogP contribution in [0, 0.1) is 11.6 Å². The van der Waals surface area contributed by atoms with Gasteiger partial charge in [0.25, 0.3) is 5.56 Å². The van der Waals surface area contributed by atoms with Crippen molar-refractivity contribution in [2.45, 2.75) is 46.4 Å². The van der Waals surface area contributed by atoms with E-state index in [2.05, 4.69) is 9.97 Å². The van der Waals surface area contributed by atoms with E-state index in [0.717, 1.165) is 25.0 Å². The summed E-state index contributed by atoms with van der Waals surface area (Å²) in [7, 11) is 0. The van der Waals surface area contributed by atoms with Gasteiger partial charge in [0, 0.05) is 19.2 Å². The molecule has 0 bridgehead atoms. The van der Waals surface area contributed by atoms with E-state index in [1.807, 2.05) is 6.92 Å². The molecule has 0 unspecified atom stereocenters. The molecule has 0 aliphatic heterocycles. The molecule has 0 saturated carbocycles. The average molecular weight is 406 g/mol. The molecule has 3 aromatic rings. The first-order valence-corrected chi connectivity index (χ1v) is 9.21. The monoisotopic (exact) mass is 406 g/mol. The van der Waals surface area contributed by atoms with Crippen LogP contribution in [0.3, 0.4) is 0 Å². The number of rotatable bonds is 7. The molecule has 154 valence electrons. The van der Waals surface area contributed by atoms with Crippen molar-refractivity contribution in [1.82, 2.24) is 19.1 Å². The van der Waals surface area contributed by atoms with Crippen molar-refractivity contribution in [2.24, 2.45) is 0 Å². The number of unbranched alkanes of at least 4 members (excludes halogenated alkanes) is 1. The highest BCUT2D eigenvalue weighted by Gasteiger charge is 2.19. The minimum atomic E-state index is -0.935. The second kappa shape index (κ2) is 8.38. The van der Waals surface area contributed by atoms with Crippen molar-refractivity contribution in [1.29, 1.82) is 0 Å². The van der Waals surface area contributed by atoms with Gasteiger partial charge in [-0.3, -0.25) is 14.3 Å². The number of nitrogens with zero attached hydrogens (tertiary/aromatic N) is 3. The van der Waals surface area contributed by atoms with E-state index in [1.165, 1.54) is 9.13 Å². The van der Waals surface area contributed by atoms with Crippen LogP contribution in [0.15, 0.2) is 27.8 Å². The number of nitrogens with one attached hydrogen (secondary N) is 1. The van der Waals surface area contributed by atoms with Gasteiger partial charge in [-0.25, -0.2) is 23.4 Å². The minimum absolute atomic E-state index is 0.200. The maximum atomic E-state index is 13.3. The summed E-state index contributed by atoms with van der Waals surface area (Å²) in [6, 6.07) is 2.37. The third kappa shape index (κ3) is 4.10. The molecular weight excluding hydrogens is 386 g/mol. The van der Waals surface area contributed by atoms with Crippen molar-refractivity contribution in [3.05, 3.63) is 62.1 Å². The zero-order valence-electron chi connectivity index (χ0n) is 16.0. The van der Waals surface area contributed by atoms with Crippen molar-refractivity contribution < 1.29 is 18.3 Å². The lowest BCUT2D eigenvalue weighted by atomic mass is 10.2. The smallest absolute Gasteiger partial charge is 0.338 e. The van der Waals surface area contributed by atoms with Gasteiger partial charge in [0.1, 0.15) is 24.1 Å². The predicted molar refractivity (Wildman–Crippen MR) is 101 cm³/mol. The standard InChI is InChI=1S/C19H20F2N4O4/c1-3-5-6-25-16-15(17(26)23-19(25)28)24(4-2)14(22-16)10-29-18(27)11-7-12(20)9-13(21)8-11/h7-9H,3-6,10H2,1-2H3,(H,23,26,28). The number of imidazole rings is 1. The van der Waals surface area contributed by atoms with Crippen LogP contribution in [0.25, 0.3) is 11.2 Å². The highest BCUT2D eigenvalue weighted by atomic mass is 19.1. The van der Waals surface area contributed by atoms with Crippen LogP contribution in [-0.4, -0.2) is 25.1 Å². The topological polar surface area (TPSA) is 99.0 Å². The SMILES string of the molecule is CCCCn1c(=O)[nH]c(=O)c2c1nc(COC(=O)c1cc(F)cc(F)c1)n2CC. The van der Waals surface area contributed by atoms with E-state index in [9.17, 15) is 23.2 Å². The van der Waals surface area contributed by atoms with Crippen LogP contribution in [-0.2, 0) is 24.4 Å². The zero-order valence-corrected chi connectivity index (χ0v) is 16.0. The average Bonchev–Trinajstić information content (AvgIpc) is 3.04. The summed E-state index contributed by atoms with van der Waals surface area (Å²) < 4.78 is 34.7. The first-order chi connectivity index (χ1) is 13.8. The molecule has 0 amide bonds. The van der Waals surface area contributed by atoms with Crippen LogP contribution < -0.4 is 11.2 Å². The highest BCUT2D eigenvalue weighted by Crippen LogP contribution is 2.15. The third-order valence-electron chi connectivity index (χ3n) is 4.45. The first kappa shape index (κ1) is 20.4. The zero-order chi connectivity index (χ0) is 21.1. The molecule has 8 nitrogen and oxygen atoms in total. The van der Waals surface area contributed by atoms with Crippen molar-refractivity contribution >= 4 is 17.1 Å². The molecule has 0 fully saturated rings. The lowest BCUT2D eigenvalue weighted by Gasteiger charge is -2.07. The van der Waals surface area contributed by atoms with E-state index in [4.69, 9.17) is 4.74 Å². The van der Waals surface area contributed by atoms with Gasteiger partial charge in [-0.15, -0.1) is 0 Å². The fourth-order valence-corrected chi connectivity index (χ4v) is 3.08. The molecular formula is C19H20F2N4O4. The Bertz CT molecular complexity index is 1160. The van der Waals surface area contributed by atoms with E-state index in [-0.39, 0.29) is 29.2 Å². The Morgan fingerprint density at radius 2 is 1.83 bits per heavy atom. The highest BCUT2D eigenvalue weighted by molar-refractivity contribution is 5.89. The maximum Gasteiger partial charge on any atom is 0.338 e. The van der Waals surface area contributed by atoms with E-state index in [0.29, 0.717) is 19.2 Å². The lowest BCUT2D eigenvalue weighted by molar-refractivity contribution is 0.0457. The number of benzene rings is 1. The molecule has 3 rings (SSSR count). The fraction of sp³-hybridized carbons (Fsp3) is 0.368. The first-order valence-electron chi connectivity index (χ1n) is 9.21. The van der Waals surface area contributed by atoms with Crippen molar-refractivity contribution in [2.75, 3.05) is 0 Å². The van der Waals surface area contributed by atoms with Crippen molar-refractivity contribution in [3.8, 4) is 0 Å². The van der Waals surface area contributed by atoms with Crippen molar-refractivity contribution in [3.63, 3.8) is 0 Å². The Morgan fingerprint density at radius 1 is 1.14 bits per heavy atom. The number of hydrogen-bond acceptors (Lipinski definition) is 5. The summed E-state index contributed by atoms with van der Waals surface area (Å²) >= 11 is 0. The Kier molecular flexibility index (Phi) is 5.90. The predicted octanol–water partition coefficient (Wildman–Crippen LogP) is 2.34. The summed E-state index contributed by atoms with van der Waals surface area (Å²) in [5, 5.41) is 0. The number of aromatic amines is 1. The number of hydrogen-bond donors (Lipinski definition) is 1. The van der Waals surface area contributed by atoms with Crippen LogP contribution >= 0.6 is 0 Å². The Hall–Kier alpha value is -3.30. The van der Waals surface area contributed by atoms with Crippen LogP contribution in [0.2, 0.25) is 0 Å². The van der Waals surface area contributed by atoms with Gasteiger partial charge < -0.3 is 9.30 Å². The summed E-state index contributed by atoms with van der Waals surface area (Å²) in [5.41, 5.74) is -1.02. The second-order valence-corrected chi connectivity index (χ2v) is 6.44. The third-order valence-corrected chi connectivity index (χ3v) is 4.45. The Labute approximate surface area is 163 Å². The van der Waals surface area contributed by atoms with E-state index >= 15 is 0 Å². The summed E-state index contributed by atoms with van der Waals surface area (Å²) in [6.45, 7) is 4.13. The molecule has 0 atom stereocenters. The molecule has 1 N–H and O–H groups in total. The number of halogens is 2. The maximum absolute atomic E-state index is 13.3. The fourth-order valence-electron chi connectivity index (χ4n) is 3.08. The number of ether oxygens (including phenoxy) is 1. The molecule has 0 aliphatic carbocycles. The van der Waals surface area contributed by atoms with Crippen LogP contribution in [0.5, 0.6) is 0 Å². The largest absolute Gasteiger partial charge is 0.454 e. The molecule has 2 aromatic heterocycles. The summed E-state index contributed by atoms with van der Waals surface area (Å²) in [4.78, 5) is 43.3. The molecule has 0 aliphatic rings. The van der Waals surface area contributed by atoms with Gasteiger partial charge in [-0.1, -0.05) is 13.3 Å². The number of aromatic nitrogens is 4. The molecule has 10 heteroatoms. The number of esters is 1. The van der Waals surface area contributed by atoms with Gasteiger partial charge >= 0.3 is 11.7 Å². The van der Waals surface area contributed by atoms with Gasteiger partial charge in [-0.2, -0.15) is 0 Å². The van der Waals surface area contributed by atoms with Gasteiger partial charge in [-0.05, 0) is 25.5 Å².